The molecule has 3 aromatic rings. The van der Waals surface area contributed by atoms with Crippen LogP contribution in [0.1, 0.15) is 27.7 Å². The molecule has 5 rings (SSSR count). The molecular formula is C25H24N8NaO7S2. The standard InChI is InChI=1S/C25H24N8O7S2.Na/c1-11-7-16(35)15(8-26-11)20(36)27-17(12-3-5-14(34)6-4-12)21(37)28-18-22(38)33-19(24(39)40)13(9-41-23(18)33)10-42-25-29-30-31-32(25)2;/h3-8,17-18,23,34H,9-10H2,1-2H3,(H,26,35)(H,27,36)(H,28,37)(H,39,40);. The fourth-order valence-corrected chi connectivity index (χ4v) is 6.79. The van der Waals surface area contributed by atoms with Crippen molar-refractivity contribution in [1.82, 2.24) is 40.7 Å². The Morgan fingerprint density at radius 2 is 1.95 bits per heavy atom. The zero-order valence-electron chi connectivity index (χ0n) is 23.1. The summed E-state index contributed by atoms with van der Waals surface area (Å²) >= 11 is 2.52. The number of rotatable bonds is 9. The summed E-state index contributed by atoms with van der Waals surface area (Å²) in [7, 11) is 1.65. The first kappa shape index (κ1) is 32.3. The summed E-state index contributed by atoms with van der Waals surface area (Å²) in [6, 6.07) is 4.35. The van der Waals surface area contributed by atoms with Gasteiger partial charge in [-0.25, -0.2) is 9.48 Å². The number of aliphatic carboxylic acids is 1. The molecule has 5 N–H and O–H groups in total. The van der Waals surface area contributed by atoms with E-state index >= 15 is 0 Å². The van der Waals surface area contributed by atoms with Gasteiger partial charge in [0.05, 0.1) is 0 Å². The molecule has 0 saturated carbocycles. The van der Waals surface area contributed by atoms with Crippen LogP contribution in [0.25, 0.3) is 0 Å². The van der Waals surface area contributed by atoms with E-state index < -0.39 is 46.6 Å². The minimum absolute atomic E-state index is 0. The summed E-state index contributed by atoms with van der Waals surface area (Å²) < 4.78 is 1.45. The summed E-state index contributed by atoms with van der Waals surface area (Å²) in [5.74, 6) is -3.02. The van der Waals surface area contributed by atoms with Crippen molar-refractivity contribution in [3.05, 3.63) is 74.8 Å². The van der Waals surface area contributed by atoms with E-state index in [0.29, 0.717) is 16.4 Å². The number of fused-ring (bicyclic) bond motifs is 1. The van der Waals surface area contributed by atoms with E-state index in [1.54, 1.807) is 14.0 Å². The van der Waals surface area contributed by atoms with Crippen LogP contribution in [0.5, 0.6) is 5.75 Å². The zero-order valence-corrected chi connectivity index (χ0v) is 26.7. The number of carbonyl (C=O) groups is 4. The van der Waals surface area contributed by atoms with Crippen molar-refractivity contribution in [3.8, 4) is 5.75 Å². The molecule has 1 aromatic carbocycles. The van der Waals surface area contributed by atoms with Gasteiger partial charge >= 0.3 is 5.97 Å². The molecule has 2 aliphatic rings. The number of pyridine rings is 1. The number of phenolic OH excluding ortho intramolecular Hbond substituents is 1. The quantitative estimate of drug-likeness (QED) is 0.115. The molecule has 0 spiro atoms. The van der Waals surface area contributed by atoms with Gasteiger partial charge in [0.1, 0.15) is 34.5 Å². The number of β-lactam (4-membered cyclic amide) rings is 1. The van der Waals surface area contributed by atoms with E-state index in [9.17, 15) is 34.2 Å². The Hall–Kier alpha value is -3.64. The van der Waals surface area contributed by atoms with Crippen LogP contribution in [0.3, 0.4) is 0 Å². The Morgan fingerprint density at radius 3 is 2.58 bits per heavy atom. The van der Waals surface area contributed by atoms with Crippen LogP contribution in [-0.4, -0.2) is 116 Å². The molecule has 2 aromatic heterocycles. The van der Waals surface area contributed by atoms with Crippen LogP contribution in [-0.2, 0) is 21.4 Å². The molecule has 43 heavy (non-hydrogen) atoms. The fraction of sp³-hybridized carbons (Fsp3) is 0.280. The minimum atomic E-state index is -1.34. The van der Waals surface area contributed by atoms with Crippen LogP contribution in [0.4, 0.5) is 0 Å². The Bertz CT molecular complexity index is 1680. The van der Waals surface area contributed by atoms with Gasteiger partial charge in [-0.3, -0.25) is 24.1 Å². The summed E-state index contributed by atoms with van der Waals surface area (Å²) in [6.07, 6.45) is 1.24. The maximum Gasteiger partial charge on any atom is 0.352 e. The number of aromatic amines is 1. The summed E-state index contributed by atoms with van der Waals surface area (Å²) in [5, 5.41) is 35.8. The maximum atomic E-state index is 13.5. The van der Waals surface area contributed by atoms with Gasteiger partial charge in [0.25, 0.3) is 11.8 Å². The maximum absolute atomic E-state index is 13.5. The summed E-state index contributed by atoms with van der Waals surface area (Å²) in [6.45, 7) is 1.65. The third-order valence-corrected chi connectivity index (χ3v) is 9.01. The number of phenols is 1. The molecule has 219 valence electrons. The molecule has 15 nitrogen and oxygen atoms in total. The number of thioether (sulfide) groups is 2. The number of nitrogens with one attached hydrogen (secondary N) is 3. The van der Waals surface area contributed by atoms with Crippen LogP contribution < -0.4 is 16.1 Å². The van der Waals surface area contributed by atoms with E-state index in [1.165, 1.54) is 64.7 Å². The number of nitrogens with zero attached hydrogens (tertiary/aromatic N) is 5. The molecule has 4 heterocycles. The number of carboxylic acids is 1. The number of carboxylic acid groups (broad SMARTS) is 1. The number of aromatic nitrogens is 5. The fourth-order valence-electron chi connectivity index (χ4n) is 4.45. The predicted octanol–water partition coefficient (Wildman–Crippen LogP) is -0.466. The summed E-state index contributed by atoms with van der Waals surface area (Å²) in [5.41, 5.74) is 0.417. The minimum Gasteiger partial charge on any atom is -0.508 e. The van der Waals surface area contributed by atoms with Gasteiger partial charge in [-0.2, -0.15) is 0 Å². The smallest absolute Gasteiger partial charge is 0.352 e. The Balaban J connectivity index is 0.00000423. The first-order valence-corrected chi connectivity index (χ1v) is 14.4. The van der Waals surface area contributed by atoms with Gasteiger partial charge in [0, 0.05) is 66.1 Å². The van der Waals surface area contributed by atoms with Crippen LogP contribution in [0.15, 0.2) is 57.7 Å². The van der Waals surface area contributed by atoms with E-state index in [4.69, 9.17) is 0 Å². The topological polar surface area (TPSA) is 212 Å². The largest absolute Gasteiger partial charge is 0.508 e. The number of aromatic hydroxyl groups is 1. The summed E-state index contributed by atoms with van der Waals surface area (Å²) in [4.78, 5) is 68.1. The van der Waals surface area contributed by atoms with Gasteiger partial charge in [-0.05, 0) is 40.6 Å². The number of benzene rings is 1. The molecule has 3 amide bonds. The first-order chi connectivity index (χ1) is 20.0. The second-order valence-corrected chi connectivity index (χ2v) is 11.5. The van der Waals surface area contributed by atoms with E-state index in [0.717, 1.165) is 4.90 Å². The molecule has 18 heteroatoms. The third-order valence-electron chi connectivity index (χ3n) is 6.57. The third kappa shape index (κ3) is 6.65. The average molecular weight is 636 g/mol. The van der Waals surface area contributed by atoms with Gasteiger partial charge in [0.15, 0.2) is 5.43 Å². The molecule has 2 aliphatic heterocycles. The van der Waals surface area contributed by atoms with Gasteiger partial charge < -0.3 is 25.8 Å². The Labute approximate surface area is 274 Å². The predicted molar refractivity (Wildman–Crippen MR) is 155 cm³/mol. The van der Waals surface area contributed by atoms with Crippen LogP contribution >= 0.6 is 23.5 Å². The number of hydrogen-bond donors (Lipinski definition) is 5. The van der Waals surface area contributed by atoms with Crippen LogP contribution in [0, 0.1) is 6.92 Å². The van der Waals surface area contributed by atoms with Crippen molar-refractivity contribution in [2.75, 3.05) is 11.5 Å². The second-order valence-electron chi connectivity index (χ2n) is 9.42. The van der Waals surface area contributed by atoms with Crippen molar-refractivity contribution >= 4 is 76.8 Å². The Kier molecular flexibility index (Phi) is 10.0. The van der Waals surface area contributed by atoms with Gasteiger partial charge in [-0.1, -0.05) is 23.9 Å². The molecular weight excluding hydrogens is 611 g/mol. The number of carbonyl (C=O) groups excluding carboxylic acids is 3. The van der Waals surface area contributed by atoms with Crippen molar-refractivity contribution < 1.29 is 29.4 Å². The van der Waals surface area contributed by atoms with E-state index in [-0.39, 0.29) is 63.6 Å². The normalized spacial score (nSPS) is 18.2. The number of H-pyrrole nitrogens is 1. The number of aryl methyl sites for hydroxylation is 2. The number of tetrazole rings is 1. The Morgan fingerprint density at radius 1 is 1.23 bits per heavy atom. The van der Waals surface area contributed by atoms with Crippen LogP contribution in [0.2, 0.25) is 0 Å². The zero-order chi connectivity index (χ0) is 30.1. The number of hydrogen-bond acceptors (Lipinski definition) is 11. The molecule has 1 radical (unpaired) electrons. The molecule has 3 atom stereocenters. The van der Waals surface area contributed by atoms with Crippen molar-refractivity contribution in [2.45, 2.75) is 29.5 Å². The number of amides is 3. The van der Waals surface area contributed by atoms with Crippen molar-refractivity contribution in [2.24, 2.45) is 7.05 Å². The van der Waals surface area contributed by atoms with E-state index in [1.807, 2.05) is 0 Å². The monoisotopic (exact) mass is 635 g/mol. The molecule has 3 unspecified atom stereocenters. The van der Waals surface area contributed by atoms with Gasteiger partial charge in [0.2, 0.25) is 11.1 Å². The molecule has 1 fully saturated rings. The van der Waals surface area contributed by atoms with Crippen molar-refractivity contribution in [3.63, 3.8) is 0 Å². The second kappa shape index (κ2) is 13.3. The molecule has 1 saturated heterocycles. The average Bonchev–Trinajstić information content (AvgIpc) is 3.37. The first-order valence-electron chi connectivity index (χ1n) is 12.4. The molecule has 0 bridgehead atoms. The van der Waals surface area contributed by atoms with Crippen molar-refractivity contribution in [1.29, 1.82) is 0 Å². The molecule has 0 aliphatic carbocycles. The van der Waals surface area contributed by atoms with Gasteiger partial charge in [-0.15, -0.1) is 16.9 Å². The SMILES string of the molecule is Cc1cc(=O)c(C(=O)NC(C(=O)NC2C(=O)N3C(C(=O)O)=C(CSc4nnnn4C)CSC23)c2ccc(O)cc2)c[nH]1.[Na]. The van der Waals surface area contributed by atoms with E-state index in [2.05, 4.69) is 31.1 Å².